The zero-order chi connectivity index (χ0) is 73.0. The Balaban J connectivity index is 0.537. The quantitative estimate of drug-likeness (QED) is 0.0256. The Morgan fingerprint density at radius 2 is 0.695 bits per heavy atom. The number of carbonyl (C=O) groups is 4. The monoisotopic (exact) mass is 1410 g/mol. The second kappa shape index (κ2) is 29.8. The molecule has 2 aliphatic carbocycles. The minimum atomic E-state index is -1.03. The average molecular weight is 1410 g/mol. The lowest BCUT2D eigenvalue weighted by Gasteiger charge is -2.39. The molecule has 0 radical (unpaired) electrons. The molecule has 17 heteroatoms. The van der Waals surface area contributed by atoms with Gasteiger partial charge in [-0.1, -0.05) is 158 Å². The fourth-order valence-electron chi connectivity index (χ4n) is 15.2. The SMILES string of the molecule is COc1ccc(C2(c3ccc(OC)cc3)C=Cc3c4c(c5ccccc5c3O2)-c2ccccc2C4(C)OCCOC(=O)CCC(=O)OC(C)COCC(C)OC(=O)CCC(=O)OCCOC2(C)c3ccccc3-c3c2c2c(c4ccccc34)OC(c3ccc(OC)cc3)(c3ccc(OC)cc3)C=C2)cc1. The molecule has 0 amide bonds. The van der Waals surface area contributed by atoms with Gasteiger partial charge in [0.1, 0.15) is 71.1 Å². The van der Waals surface area contributed by atoms with E-state index in [1.54, 1.807) is 42.3 Å². The van der Waals surface area contributed by atoms with Crippen molar-refractivity contribution in [2.75, 3.05) is 68.1 Å². The van der Waals surface area contributed by atoms with Crippen LogP contribution in [0.1, 0.15) is 109 Å². The average Bonchev–Trinajstić information content (AvgIpc) is 1.66. The smallest absolute Gasteiger partial charge is 0.306 e. The summed E-state index contributed by atoms with van der Waals surface area (Å²) in [6.07, 6.45) is 6.23. The summed E-state index contributed by atoms with van der Waals surface area (Å²) in [6.45, 7) is 7.35. The van der Waals surface area contributed by atoms with Crippen LogP contribution in [0.25, 0.3) is 56.0 Å². The van der Waals surface area contributed by atoms with Crippen molar-refractivity contribution in [1.82, 2.24) is 0 Å². The van der Waals surface area contributed by atoms with E-state index in [1.807, 2.05) is 159 Å². The van der Waals surface area contributed by atoms with Gasteiger partial charge < -0.3 is 61.6 Å². The van der Waals surface area contributed by atoms with Gasteiger partial charge in [-0.2, -0.15) is 0 Å². The number of esters is 4. The Morgan fingerprint density at radius 3 is 1.04 bits per heavy atom. The van der Waals surface area contributed by atoms with E-state index in [1.165, 1.54) is 0 Å². The first kappa shape index (κ1) is 70.8. The summed E-state index contributed by atoms with van der Waals surface area (Å²) in [7, 11) is 6.57. The molecule has 10 aromatic carbocycles. The van der Waals surface area contributed by atoms with Gasteiger partial charge in [0.05, 0.1) is 80.6 Å². The largest absolute Gasteiger partial charge is 0.497 e. The predicted octanol–water partition coefficient (Wildman–Crippen LogP) is 16.5. The van der Waals surface area contributed by atoms with Crippen LogP contribution in [0.3, 0.4) is 0 Å². The Bertz CT molecular complexity index is 4580. The molecule has 536 valence electrons. The molecular formula is C88H82O17. The van der Waals surface area contributed by atoms with Crippen molar-refractivity contribution in [2.45, 2.75) is 88.0 Å². The van der Waals surface area contributed by atoms with Gasteiger partial charge in [-0.05, 0) is 133 Å². The van der Waals surface area contributed by atoms with Gasteiger partial charge >= 0.3 is 23.9 Å². The highest BCUT2D eigenvalue weighted by Crippen LogP contribution is 2.61. The summed E-state index contributed by atoms with van der Waals surface area (Å²) in [5.41, 5.74) is 9.21. The summed E-state index contributed by atoms with van der Waals surface area (Å²) in [4.78, 5) is 52.2. The van der Waals surface area contributed by atoms with Crippen LogP contribution in [-0.4, -0.2) is 104 Å². The van der Waals surface area contributed by atoms with Gasteiger partial charge in [0.25, 0.3) is 0 Å². The molecule has 0 N–H and O–H groups in total. The highest BCUT2D eigenvalue weighted by atomic mass is 16.6. The second-order valence-electron chi connectivity index (χ2n) is 26.8. The molecule has 4 aliphatic rings. The molecule has 4 unspecified atom stereocenters. The van der Waals surface area contributed by atoms with Gasteiger partial charge in [-0.15, -0.1) is 0 Å². The van der Waals surface area contributed by atoms with Crippen LogP contribution in [0.5, 0.6) is 34.5 Å². The first-order valence-electron chi connectivity index (χ1n) is 35.3. The molecule has 0 saturated carbocycles. The van der Waals surface area contributed by atoms with Crippen molar-refractivity contribution in [3.8, 4) is 56.8 Å². The lowest BCUT2D eigenvalue weighted by atomic mass is 9.80. The van der Waals surface area contributed by atoms with Gasteiger partial charge in [0, 0.05) is 55.3 Å². The molecule has 0 fully saturated rings. The molecule has 14 rings (SSSR count). The van der Waals surface area contributed by atoms with Crippen molar-refractivity contribution >= 4 is 57.6 Å². The fourth-order valence-corrected chi connectivity index (χ4v) is 15.2. The number of carbonyl (C=O) groups excluding carboxylic acids is 4. The normalized spacial score (nSPS) is 17.1. The van der Waals surface area contributed by atoms with Crippen LogP contribution in [0, 0.1) is 0 Å². The lowest BCUT2D eigenvalue weighted by Crippen LogP contribution is -2.35. The summed E-state index contributed by atoms with van der Waals surface area (Å²) < 4.78 is 79.0. The molecule has 0 saturated heterocycles. The summed E-state index contributed by atoms with van der Waals surface area (Å²) in [5.74, 6) is 1.90. The van der Waals surface area contributed by atoms with E-state index in [-0.39, 0.29) is 65.3 Å². The van der Waals surface area contributed by atoms with E-state index < -0.39 is 58.5 Å². The maximum absolute atomic E-state index is 13.1. The third-order valence-corrected chi connectivity index (χ3v) is 20.3. The molecule has 0 aromatic heterocycles. The van der Waals surface area contributed by atoms with E-state index in [0.29, 0.717) is 11.5 Å². The molecule has 2 heterocycles. The summed E-state index contributed by atoms with van der Waals surface area (Å²) in [5, 5.41) is 3.88. The zero-order valence-electron chi connectivity index (χ0n) is 60.0. The van der Waals surface area contributed by atoms with Crippen LogP contribution < -0.4 is 28.4 Å². The van der Waals surface area contributed by atoms with Crippen molar-refractivity contribution in [3.05, 3.63) is 262 Å². The second-order valence-corrected chi connectivity index (χ2v) is 26.8. The number of ether oxygens (including phenoxy) is 13. The highest BCUT2D eigenvalue weighted by molar-refractivity contribution is 6.10. The van der Waals surface area contributed by atoms with Crippen LogP contribution in [0.2, 0.25) is 0 Å². The third-order valence-electron chi connectivity index (χ3n) is 20.3. The van der Waals surface area contributed by atoms with Crippen molar-refractivity contribution in [3.63, 3.8) is 0 Å². The van der Waals surface area contributed by atoms with E-state index in [9.17, 15) is 19.2 Å². The Kier molecular flexibility index (Phi) is 20.1. The molecule has 0 bridgehead atoms. The Labute approximate surface area is 610 Å². The van der Waals surface area contributed by atoms with Crippen LogP contribution in [-0.2, 0) is 74.7 Å². The van der Waals surface area contributed by atoms with Gasteiger partial charge in [-0.25, -0.2) is 0 Å². The van der Waals surface area contributed by atoms with Gasteiger partial charge in [-0.3, -0.25) is 19.2 Å². The Hall–Kier alpha value is -11.2. The molecule has 2 aliphatic heterocycles. The van der Waals surface area contributed by atoms with Gasteiger partial charge in [0.15, 0.2) is 11.2 Å². The lowest BCUT2D eigenvalue weighted by molar-refractivity contribution is -0.159. The van der Waals surface area contributed by atoms with E-state index >= 15 is 0 Å². The molecule has 105 heavy (non-hydrogen) atoms. The number of fused-ring (bicyclic) bond motifs is 16. The predicted molar refractivity (Wildman–Crippen MR) is 399 cm³/mol. The van der Waals surface area contributed by atoms with E-state index in [0.717, 1.165) is 122 Å². The molecule has 4 atom stereocenters. The van der Waals surface area contributed by atoms with Crippen molar-refractivity contribution < 1.29 is 80.8 Å². The first-order chi connectivity index (χ1) is 51.0. The number of hydrogen-bond donors (Lipinski definition) is 0. The number of benzene rings is 10. The Morgan fingerprint density at radius 1 is 0.381 bits per heavy atom. The van der Waals surface area contributed by atoms with E-state index in [4.69, 9.17) is 61.6 Å². The zero-order valence-corrected chi connectivity index (χ0v) is 60.0. The van der Waals surface area contributed by atoms with Crippen LogP contribution >= 0.6 is 0 Å². The molecular weight excluding hydrogens is 1330 g/mol. The first-order valence-corrected chi connectivity index (χ1v) is 35.3. The highest BCUT2D eigenvalue weighted by Gasteiger charge is 2.49. The fraction of sp³-hybridized carbons (Fsp3) is 0.273. The number of methoxy groups -OCH3 is 4. The van der Waals surface area contributed by atoms with Crippen molar-refractivity contribution in [2.24, 2.45) is 0 Å². The van der Waals surface area contributed by atoms with Gasteiger partial charge in [0.2, 0.25) is 0 Å². The maximum Gasteiger partial charge on any atom is 0.306 e. The molecule has 0 spiro atoms. The van der Waals surface area contributed by atoms with Crippen molar-refractivity contribution in [1.29, 1.82) is 0 Å². The minimum absolute atomic E-state index is 0.00238. The van der Waals surface area contributed by atoms with Crippen LogP contribution in [0.4, 0.5) is 0 Å². The summed E-state index contributed by atoms with van der Waals surface area (Å²) in [6, 6.07) is 64.5. The minimum Gasteiger partial charge on any atom is -0.497 e. The maximum atomic E-state index is 13.1. The third kappa shape index (κ3) is 13.4. The number of rotatable bonds is 28. The molecule has 10 aromatic rings. The topological polar surface area (TPSA) is 188 Å². The number of hydrogen-bond acceptors (Lipinski definition) is 17. The summed E-state index contributed by atoms with van der Waals surface area (Å²) >= 11 is 0. The van der Waals surface area contributed by atoms with Crippen LogP contribution in [0.15, 0.2) is 206 Å². The molecule has 17 nitrogen and oxygen atoms in total. The standard InChI is InChI=1S/C88H82O17/c1-55(102-77(91)43-41-75(89)98-49-51-100-85(3)73-23-15-13-21-69(73)79-65-17-9-11-19-67(65)83-71(81(79)85)45-47-87(104-83,57-25-33-61(93-5)34-26-57)58-27-35-62(94-6)36-28-58)53-97-54-56(2)103-78(92)44-42-76(90)99-50-52-101-86(4)74-24-16-14-22-70(74)80-66-18-10-12-20-68(66)84-72(82(80)86)46-48-88(105-84,59-29-37-63(95-7)38-30-59)60-31-39-64(96-8)40-32-60/h9-40,45-48,55-56H,41-44,49-54H2,1-8H3. The van der Waals surface area contributed by atoms with E-state index in [2.05, 4.69) is 72.8 Å².